The summed E-state index contributed by atoms with van der Waals surface area (Å²) in [5, 5.41) is 5.91. The highest BCUT2D eigenvalue weighted by Gasteiger charge is 1.98. The van der Waals surface area contributed by atoms with Crippen LogP contribution in [-0.2, 0) is 0 Å². The highest BCUT2D eigenvalue weighted by molar-refractivity contribution is 5.27. The van der Waals surface area contributed by atoms with Gasteiger partial charge in [0.15, 0.2) is 0 Å². The quantitative estimate of drug-likeness (QED) is 0.545. The number of nitrogen functional groups attached to an aromatic ring is 1. The molecule has 0 saturated heterocycles. The maximum absolute atomic E-state index is 10.8. The van der Waals surface area contributed by atoms with Crippen LogP contribution in [0.1, 0.15) is 0 Å². The van der Waals surface area contributed by atoms with Crippen LogP contribution in [0.25, 0.3) is 0 Å². The molecule has 0 bridgehead atoms. The van der Waals surface area contributed by atoms with Crippen molar-refractivity contribution in [2.45, 2.75) is 0 Å². The van der Waals surface area contributed by atoms with Gasteiger partial charge in [0.25, 0.3) is 5.88 Å². The Labute approximate surface area is 56.8 Å². The van der Waals surface area contributed by atoms with Gasteiger partial charge in [-0.1, -0.05) is 0 Å². The largest absolute Gasteiger partial charge is 0.477 e. The van der Waals surface area contributed by atoms with Gasteiger partial charge in [0, 0.05) is 6.07 Å². The van der Waals surface area contributed by atoms with Crippen LogP contribution in [0, 0.1) is 0 Å². The van der Waals surface area contributed by atoms with Crippen molar-refractivity contribution in [3.8, 4) is 5.88 Å². The first-order valence-electron chi connectivity index (χ1n) is 2.63. The second-order valence-corrected chi connectivity index (χ2v) is 1.70. The van der Waals surface area contributed by atoms with Crippen LogP contribution in [-0.4, -0.2) is 17.3 Å². The van der Waals surface area contributed by atoms with Gasteiger partial charge in [-0.3, -0.25) is 9.89 Å². The molecule has 10 heavy (non-hydrogen) atoms. The van der Waals surface area contributed by atoms with E-state index in [1.807, 2.05) is 0 Å². The van der Waals surface area contributed by atoms with Gasteiger partial charge in [-0.05, 0) is 0 Å². The third-order valence-corrected chi connectivity index (χ3v) is 0.977. The second kappa shape index (κ2) is 2.38. The zero-order valence-electron chi connectivity index (χ0n) is 5.42. The number of nitrogens with zero attached hydrogens (tertiary/aromatic N) is 1. The zero-order chi connectivity index (χ0) is 7.56. The van der Waals surface area contributed by atoms with Crippen LogP contribution >= 0.6 is 0 Å². The fraction of sp³-hybridized carbons (Fsp3) is 0.200. The van der Waals surface area contributed by atoms with Gasteiger partial charge in [0.1, 0.15) is 5.82 Å². The van der Waals surface area contributed by atoms with E-state index < -0.39 is 0 Å². The first kappa shape index (κ1) is 6.60. The molecule has 0 aliphatic heterocycles. The van der Waals surface area contributed by atoms with Crippen molar-refractivity contribution < 1.29 is 4.74 Å². The molecule has 5 heteroatoms. The smallest absolute Gasteiger partial charge is 0.279 e. The van der Waals surface area contributed by atoms with Gasteiger partial charge in [-0.2, -0.15) is 0 Å². The Bertz CT molecular complexity index is 280. The third kappa shape index (κ3) is 1.07. The standard InChI is InChI=1S/C5H7N3O2/c1-10-5-3(9)2-4(6)7-8-5/h2H,1H3,(H3,6,7,9). The predicted octanol–water partition coefficient (Wildman–Crippen LogP) is -0.639. The lowest BCUT2D eigenvalue weighted by Crippen LogP contribution is -2.09. The zero-order valence-corrected chi connectivity index (χ0v) is 5.42. The van der Waals surface area contributed by atoms with Crippen LogP contribution in [0.2, 0.25) is 0 Å². The minimum atomic E-state index is -0.321. The molecule has 0 spiro atoms. The molecule has 1 heterocycles. The summed E-state index contributed by atoms with van der Waals surface area (Å²) in [5.41, 5.74) is 4.89. The highest BCUT2D eigenvalue weighted by atomic mass is 16.5. The number of methoxy groups -OCH3 is 1. The van der Waals surface area contributed by atoms with Gasteiger partial charge in [0.2, 0.25) is 5.43 Å². The number of rotatable bonds is 1. The molecule has 0 aliphatic rings. The van der Waals surface area contributed by atoms with E-state index in [0.29, 0.717) is 0 Å². The highest BCUT2D eigenvalue weighted by Crippen LogP contribution is 1.94. The van der Waals surface area contributed by atoms with E-state index in [9.17, 15) is 4.79 Å². The van der Waals surface area contributed by atoms with E-state index in [0.717, 1.165) is 0 Å². The van der Waals surface area contributed by atoms with Crippen molar-refractivity contribution in [3.05, 3.63) is 16.3 Å². The average Bonchev–Trinajstić information content (AvgIpc) is 1.88. The van der Waals surface area contributed by atoms with E-state index in [2.05, 4.69) is 14.9 Å². The minimum Gasteiger partial charge on any atom is -0.477 e. The number of nitrogens with two attached hydrogens (primary N) is 1. The fourth-order valence-corrected chi connectivity index (χ4v) is 0.552. The number of anilines is 1. The molecule has 3 N–H and O–H groups in total. The summed E-state index contributed by atoms with van der Waals surface area (Å²) >= 11 is 0. The Morgan fingerprint density at radius 3 is 3.00 bits per heavy atom. The molecular weight excluding hydrogens is 134 g/mol. The Morgan fingerprint density at radius 2 is 2.50 bits per heavy atom. The first-order chi connectivity index (χ1) is 4.74. The molecule has 0 aliphatic carbocycles. The summed E-state index contributed by atoms with van der Waals surface area (Å²) in [6.07, 6.45) is 0. The number of hydrogen-bond acceptors (Lipinski definition) is 4. The normalized spacial score (nSPS) is 9.30. The van der Waals surface area contributed by atoms with Crippen molar-refractivity contribution in [2.24, 2.45) is 0 Å². The van der Waals surface area contributed by atoms with Crippen molar-refractivity contribution in [1.82, 2.24) is 10.2 Å². The van der Waals surface area contributed by atoms with E-state index in [1.54, 1.807) is 0 Å². The van der Waals surface area contributed by atoms with Crippen LogP contribution in [0.3, 0.4) is 0 Å². The number of aromatic amines is 1. The number of hydrogen-bond donors (Lipinski definition) is 2. The van der Waals surface area contributed by atoms with Gasteiger partial charge in [0.05, 0.1) is 7.11 Å². The van der Waals surface area contributed by atoms with E-state index in [1.165, 1.54) is 13.2 Å². The lowest BCUT2D eigenvalue weighted by atomic mass is 10.5. The fourth-order valence-electron chi connectivity index (χ4n) is 0.552. The molecular formula is C5H7N3O2. The maximum atomic E-state index is 10.8. The molecule has 5 nitrogen and oxygen atoms in total. The monoisotopic (exact) mass is 141 g/mol. The molecule has 0 radical (unpaired) electrons. The number of H-pyrrole nitrogens is 1. The Kier molecular flexibility index (Phi) is 1.57. The van der Waals surface area contributed by atoms with E-state index >= 15 is 0 Å². The molecule has 0 aromatic carbocycles. The molecule has 1 aromatic rings. The van der Waals surface area contributed by atoms with Crippen LogP contribution in [0.15, 0.2) is 10.9 Å². The van der Waals surface area contributed by atoms with Gasteiger partial charge >= 0.3 is 0 Å². The summed E-state index contributed by atoms with van der Waals surface area (Å²) in [6, 6.07) is 1.21. The van der Waals surface area contributed by atoms with E-state index in [4.69, 9.17) is 5.73 Å². The van der Waals surface area contributed by atoms with Gasteiger partial charge in [-0.25, -0.2) is 0 Å². The van der Waals surface area contributed by atoms with Crippen molar-refractivity contribution >= 4 is 5.82 Å². The summed E-state index contributed by atoms with van der Waals surface area (Å²) in [6.45, 7) is 0. The topological polar surface area (TPSA) is 81.0 Å². The molecule has 1 rings (SSSR count). The second-order valence-electron chi connectivity index (χ2n) is 1.70. The average molecular weight is 141 g/mol. The SMILES string of the molecule is COc1n[nH]c(N)cc1=O. The molecule has 0 amide bonds. The summed E-state index contributed by atoms with van der Waals surface area (Å²) < 4.78 is 4.59. The molecule has 0 fully saturated rings. The van der Waals surface area contributed by atoms with E-state index in [-0.39, 0.29) is 17.1 Å². The number of nitrogens with one attached hydrogen (secondary N) is 1. The Morgan fingerprint density at radius 1 is 1.80 bits per heavy atom. The van der Waals surface area contributed by atoms with Crippen LogP contribution in [0.4, 0.5) is 5.82 Å². The summed E-state index contributed by atoms with van der Waals surface area (Å²) in [7, 11) is 1.37. The van der Waals surface area contributed by atoms with Crippen LogP contribution < -0.4 is 15.9 Å². The molecule has 1 aromatic heterocycles. The van der Waals surface area contributed by atoms with Crippen LogP contribution in [0.5, 0.6) is 5.88 Å². The van der Waals surface area contributed by atoms with Crippen molar-refractivity contribution in [2.75, 3.05) is 12.8 Å². The lowest BCUT2D eigenvalue weighted by molar-refractivity contribution is 0.388. The summed E-state index contributed by atoms with van der Waals surface area (Å²) in [4.78, 5) is 10.8. The molecule has 0 atom stereocenters. The van der Waals surface area contributed by atoms with Crippen molar-refractivity contribution in [1.29, 1.82) is 0 Å². The number of aromatic nitrogens is 2. The lowest BCUT2D eigenvalue weighted by Gasteiger charge is -1.95. The number of ether oxygens (including phenoxy) is 1. The van der Waals surface area contributed by atoms with Gasteiger partial charge < -0.3 is 10.5 Å². The summed E-state index contributed by atoms with van der Waals surface area (Å²) in [5.74, 6) is 0.250. The molecule has 0 unspecified atom stereocenters. The van der Waals surface area contributed by atoms with Gasteiger partial charge in [-0.15, -0.1) is 5.10 Å². The third-order valence-electron chi connectivity index (χ3n) is 0.977. The van der Waals surface area contributed by atoms with Crippen molar-refractivity contribution in [3.63, 3.8) is 0 Å². The maximum Gasteiger partial charge on any atom is 0.279 e. The Hall–Kier alpha value is -1.52. The predicted molar refractivity (Wildman–Crippen MR) is 35.8 cm³/mol. The minimum absolute atomic E-state index is 0.0224. The molecule has 54 valence electrons. The first-order valence-corrected chi connectivity index (χ1v) is 2.63. The molecule has 0 saturated carbocycles. The Balaban J connectivity index is 3.20.